The van der Waals surface area contributed by atoms with Crippen LogP contribution in [-0.2, 0) is 0 Å². The molecule has 0 atom stereocenters. The van der Waals surface area contributed by atoms with Crippen molar-refractivity contribution >= 4 is 27.0 Å². The van der Waals surface area contributed by atoms with Gasteiger partial charge in [-0.25, -0.2) is 9.97 Å². The third-order valence-electron chi connectivity index (χ3n) is 2.85. The maximum atomic E-state index is 4.67. The van der Waals surface area contributed by atoms with Crippen LogP contribution in [0.3, 0.4) is 0 Å². The molecule has 0 aliphatic rings. The van der Waals surface area contributed by atoms with E-state index in [9.17, 15) is 0 Å². The monoisotopic (exact) mass is 298 g/mol. The fourth-order valence-electron chi connectivity index (χ4n) is 1.87. The molecule has 0 N–H and O–H groups in total. The Kier molecular flexibility index (Phi) is 2.84. The first-order valence-electron chi connectivity index (χ1n) is 5.73. The lowest BCUT2D eigenvalue weighted by Crippen LogP contribution is -1.91. The molecule has 0 saturated heterocycles. The zero-order valence-electron chi connectivity index (χ0n) is 9.89. The van der Waals surface area contributed by atoms with Crippen LogP contribution in [0.15, 0.2) is 53.1 Å². The Morgan fingerprint density at radius 1 is 0.833 bits per heavy atom. The minimum absolute atomic E-state index is 0.782. The zero-order chi connectivity index (χ0) is 12.5. The van der Waals surface area contributed by atoms with E-state index in [2.05, 4.69) is 57.1 Å². The highest BCUT2D eigenvalue weighted by Crippen LogP contribution is 2.27. The Bertz CT molecular complexity index is 705. The van der Waals surface area contributed by atoms with Crippen molar-refractivity contribution in [1.29, 1.82) is 0 Å². The fourth-order valence-corrected chi connectivity index (χ4v) is 2.38. The number of rotatable bonds is 1. The second kappa shape index (κ2) is 4.50. The topological polar surface area (TPSA) is 25.8 Å². The molecule has 1 aromatic heterocycles. The van der Waals surface area contributed by atoms with Crippen molar-refractivity contribution in [3.05, 3.63) is 58.7 Å². The second-order valence-electron chi connectivity index (χ2n) is 4.22. The molecular formula is C15H11BrN2. The number of aromatic nitrogens is 2. The van der Waals surface area contributed by atoms with Gasteiger partial charge in [-0.3, -0.25) is 0 Å². The van der Waals surface area contributed by atoms with Crippen LogP contribution in [0.1, 0.15) is 5.56 Å². The smallest absolute Gasteiger partial charge is 0.133 e. The number of fused-ring (bicyclic) bond motifs is 1. The first-order valence-corrected chi connectivity index (χ1v) is 6.53. The fraction of sp³-hybridized carbons (Fsp3) is 0.0667. The highest BCUT2D eigenvalue weighted by atomic mass is 79.9. The van der Waals surface area contributed by atoms with Crippen molar-refractivity contribution in [2.24, 2.45) is 0 Å². The Balaban J connectivity index is 2.22. The van der Waals surface area contributed by atoms with Gasteiger partial charge in [0, 0.05) is 5.56 Å². The highest BCUT2D eigenvalue weighted by molar-refractivity contribution is 9.10. The molecule has 0 fully saturated rings. The normalized spacial score (nSPS) is 10.8. The van der Waals surface area contributed by atoms with E-state index in [0.717, 1.165) is 26.9 Å². The first-order chi connectivity index (χ1) is 8.74. The highest BCUT2D eigenvalue weighted by Gasteiger charge is 2.08. The Labute approximate surface area is 114 Å². The standard InChI is InChI=1S/C15H11BrN2/c1-10-6-8-11(9-7-10)14-15(16)18-13-5-3-2-4-12(13)17-14/h2-9H,1H3. The summed E-state index contributed by atoms with van der Waals surface area (Å²) in [6, 6.07) is 16.2. The predicted molar refractivity (Wildman–Crippen MR) is 77.4 cm³/mol. The predicted octanol–water partition coefficient (Wildman–Crippen LogP) is 4.37. The number of para-hydroxylation sites is 2. The minimum atomic E-state index is 0.782. The van der Waals surface area contributed by atoms with E-state index in [4.69, 9.17) is 0 Å². The summed E-state index contributed by atoms with van der Waals surface area (Å²) in [5.74, 6) is 0. The van der Waals surface area contributed by atoms with Crippen LogP contribution < -0.4 is 0 Å². The molecule has 2 nitrogen and oxygen atoms in total. The van der Waals surface area contributed by atoms with E-state index in [-0.39, 0.29) is 0 Å². The molecule has 0 amide bonds. The molecule has 0 spiro atoms. The number of hydrogen-bond donors (Lipinski definition) is 0. The minimum Gasteiger partial charge on any atom is -0.243 e. The molecule has 0 radical (unpaired) electrons. The molecule has 3 rings (SSSR count). The van der Waals surface area contributed by atoms with Crippen molar-refractivity contribution in [1.82, 2.24) is 9.97 Å². The summed E-state index contributed by atoms with van der Waals surface area (Å²) in [6.07, 6.45) is 0. The largest absolute Gasteiger partial charge is 0.243 e. The Hall–Kier alpha value is -1.74. The lowest BCUT2D eigenvalue weighted by Gasteiger charge is -2.05. The van der Waals surface area contributed by atoms with Crippen LogP contribution in [-0.4, -0.2) is 9.97 Å². The lowest BCUT2D eigenvalue weighted by molar-refractivity contribution is 1.25. The van der Waals surface area contributed by atoms with Gasteiger partial charge in [0.15, 0.2) is 0 Å². The Morgan fingerprint density at radius 2 is 1.44 bits per heavy atom. The van der Waals surface area contributed by atoms with Crippen molar-refractivity contribution in [2.75, 3.05) is 0 Å². The Morgan fingerprint density at radius 3 is 2.11 bits per heavy atom. The third-order valence-corrected chi connectivity index (χ3v) is 3.41. The van der Waals surface area contributed by atoms with Crippen LogP contribution in [0, 0.1) is 6.92 Å². The maximum absolute atomic E-state index is 4.67. The number of halogens is 1. The molecule has 2 aromatic carbocycles. The van der Waals surface area contributed by atoms with Crippen molar-refractivity contribution in [3.8, 4) is 11.3 Å². The summed E-state index contributed by atoms with van der Waals surface area (Å²) in [7, 11) is 0. The summed E-state index contributed by atoms with van der Waals surface area (Å²) in [6.45, 7) is 2.07. The number of nitrogens with zero attached hydrogens (tertiary/aromatic N) is 2. The summed E-state index contributed by atoms with van der Waals surface area (Å²) in [5, 5.41) is 0. The first kappa shape index (κ1) is 11.4. The van der Waals surface area contributed by atoms with E-state index in [1.165, 1.54) is 5.56 Å². The van der Waals surface area contributed by atoms with Gasteiger partial charge in [-0.15, -0.1) is 0 Å². The van der Waals surface area contributed by atoms with Gasteiger partial charge in [0.05, 0.1) is 11.0 Å². The molecule has 0 bridgehead atoms. The molecule has 0 saturated carbocycles. The van der Waals surface area contributed by atoms with E-state index in [1.807, 2.05) is 24.3 Å². The second-order valence-corrected chi connectivity index (χ2v) is 4.97. The molecule has 1 heterocycles. The van der Waals surface area contributed by atoms with Crippen LogP contribution in [0.5, 0.6) is 0 Å². The summed E-state index contributed by atoms with van der Waals surface area (Å²) < 4.78 is 0.782. The number of hydrogen-bond acceptors (Lipinski definition) is 2. The molecule has 0 unspecified atom stereocenters. The molecule has 3 heteroatoms. The summed E-state index contributed by atoms with van der Waals surface area (Å²) in [5.41, 5.74) is 5.01. The maximum Gasteiger partial charge on any atom is 0.133 e. The lowest BCUT2D eigenvalue weighted by atomic mass is 10.1. The molecule has 3 aromatic rings. The van der Waals surface area contributed by atoms with Gasteiger partial charge in [0.25, 0.3) is 0 Å². The average molecular weight is 299 g/mol. The molecule has 0 aliphatic carbocycles. The van der Waals surface area contributed by atoms with Gasteiger partial charge in [-0.2, -0.15) is 0 Å². The van der Waals surface area contributed by atoms with Gasteiger partial charge >= 0.3 is 0 Å². The average Bonchev–Trinajstić information content (AvgIpc) is 2.39. The molecule has 88 valence electrons. The summed E-state index contributed by atoms with van der Waals surface area (Å²) in [4.78, 5) is 9.19. The van der Waals surface area contributed by atoms with Gasteiger partial charge < -0.3 is 0 Å². The van der Waals surface area contributed by atoms with Crippen LogP contribution in [0.25, 0.3) is 22.3 Å². The van der Waals surface area contributed by atoms with E-state index >= 15 is 0 Å². The van der Waals surface area contributed by atoms with E-state index in [0.29, 0.717) is 0 Å². The van der Waals surface area contributed by atoms with Gasteiger partial charge in [0.2, 0.25) is 0 Å². The van der Waals surface area contributed by atoms with Gasteiger partial charge in [-0.1, -0.05) is 42.0 Å². The quantitative estimate of drug-likeness (QED) is 0.667. The van der Waals surface area contributed by atoms with Crippen molar-refractivity contribution < 1.29 is 0 Å². The number of benzene rings is 2. The van der Waals surface area contributed by atoms with Crippen LogP contribution >= 0.6 is 15.9 Å². The molecule has 18 heavy (non-hydrogen) atoms. The zero-order valence-corrected chi connectivity index (χ0v) is 11.5. The molecule has 0 aliphatic heterocycles. The van der Waals surface area contributed by atoms with Gasteiger partial charge in [0.1, 0.15) is 10.3 Å². The SMILES string of the molecule is Cc1ccc(-c2nc3ccccc3nc2Br)cc1. The van der Waals surface area contributed by atoms with E-state index in [1.54, 1.807) is 0 Å². The third kappa shape index (κ3) is 2.02. The van der Waals surface area contributed by atoms with Crippen molar-refractivity contribution in [3.63, 3.8) is 0 Å². The van der Waals surface area contributed by atoms with Crippen LogP contribution in [0.2, 0.25) is 0 Å². The van der Waals surface area contributed by atoms with Crippen molar-refractivity contribution in [2.45, 2.75) is 6.92 Å². The summed E-state index contributed by atoms with van der Waals surface area (Å²) >= 11 is 3.50. The van der Waals surface area contributed by atoms with Crippen LogP contribution in [0.4, 0.5) is 0 Å². The van der Waals surface area contributed by atoms with E-state index < -0.39 is 0 Å². The van der Waals surface area contributed by atoms with Gasteiger partial charge in [-0.05, 0) is 35.0 Å². The molecular weight excluding hydrogens is 288 g/mol. The number of aryl methyl sites for hydroxylation is 1.